The van der Waals surface area contributed by atoms with Crippen molar-refractivity contribution in [2.24, 2.45) is 5.41 Å². The van der Waals surface area contributed by atoms with Crippen LogP contribution in [0, 0.1) is 19.4 Å². The number of hydrogen-bond acceptors (Lipinski definition) is 1. The van der Waals surface area contributed by atoms with Crippen LogP contribution in [-0.4, -0.2) is 5.91 Å². The van der Waals surface area contributed by atoms with Gasteiger partial charge in [-0.1, -0.05) is 33.1 Å². The Morgan fingerprint density at radius 2 is 1.69 bits per heavy atom. The Labute approximate surface area is 97.1 Å². The molecule has 0 aromatic heterocycles. The van der Waals surface area contributed by atoms with Crippen molar-refractivity contribution in [1.82, 2.24) is 5.32 Å². The molecule has 0 spiro atoms. The van der Waals surface area contributed by atoms with Gasteiger partial charge in [-0.3, -0.25) is 11.8 Å². The molecule has 0 saturated carbocycles. The number of hydrogen-bond donors (Lipinski definition) is 1. The van der Waals surface area contributed by atoms with E-state index >= 15 is 0 Å². The van der Waals surface area contributed by atoms with Crippen LogP contribution in [0.4, 0.5) is 0 Å². The average molecular weight is 355 g/mol. The Balaban J connectivity index is -0.000000143. The molecule has 0 atom stereocenters. The summed E-state index contributed by atoms with van der Waals surface area (Å²) in [4.78, 5) is 10.0. The van der Waals surface area contributed by atoms with E-state index in [1.165, 1.54) is 0 Å². The normalized spacial score (nSPS) is 9.08. The van der Waals surface area contributed by atoms with Crippen LogP contribution in [0.15, 0.2) is 0 Å². The maximum Gasteiger partial charge on any atom is 2.00 e. The Hall–Kier alpha value is 0.158. The van der Waals surface area contributed by atoms with E-state index in [1.807, 2.05) is 0 Å². The van der Waals surface area contributed by atoms with E-state index < -0.39 is 0 Å². The summed E-state index contributed by atoms with van der Waals surface area (Å²) in [6.45, 7) is 12.1. The summed E-state index contributed by atoms with van der Waals surface area (Å²) in [7, 11) is 3.16. The molecule has 2 nitrogen and oxygen atoms in total. The summed E-state index contributed by atoms with van der Waals surface area (Å²) in [6, 6.07) is 0. The van der Waals surface area contributed by atoms with E-state index in [2.05, 4.69) is 40.1 Å². The Morgan fingerprint density at radius 3 is 1.69 bits per heavy atom. The first-order chi connectivity index (χ1) is 5.37. The van der Waals surface area contributed by atoms with E-state index in [0.717, 1.165) is 6.42 Å². The van der Waals surface area contributed by atoms with Gasteiger partial charge in [-0.15, -0.1) is 0 Å². The third-order valence-corrected chi connectivity index (χ3v) is 1.27. The van der Waals surface area contributed by atoms with Crippen LogP contribution in [0.5, 0.6) is 0 Å². The largest absolute Gasteiger partial charge is 2.00 e. The topological polar surface area (TPSA) is 29.1 Å². The van der Waals surface area contributed by atoms with Gasteiger partial charge < -0.3 is 12.2 Å². The van der Waals surface area contributed by atoms with Crippen molar-refractivity contribution in [2.45, 2.75) is 40.5 Å². The summed E-state index contributed by atoms with van der Waals surface area (Å²) in [5.74, 6) is -0.0185. The molecule has 0 aliphatic heterocycles. The maximum absolute atomic E-state index is 10.0. The van der Waals surface area contributed by atoms with Crippen molar-refractivity contribution in [2.75, 3.05) is 0 Å². The molecule has 0 aliphatic rings. The van der Waals surface area contributed by atoms with Crippen LogP contribution in [-0.2, 0) is 25.9 Å². The van der Waals surface area contributed by atoms with Gasteiger partial charge in [0.1, 0.15) is 0 Å². The van der Waals surface area contributed by atoms with Crippen molar-refractivity contribution >= 4 is 5.91 Å². The third-order valence-electron chi connectivity index (χ3n) is 1.27. The Kier molecular flexibility index (Phi) is 14.8. The molecule has 0 radical (unpaired) electrons. The fourth-order valence-corrected chi connectivity index (χ4v) is 0.125. The van der Waals surface area contributed by atoms with E-state index in [-0.39, 0.29) is 27.0 Å². The summed E-state index contributed by atoms with van der Waals surface area (Å²) >= 11 is 0. The van der Waals surface area contributed by atoms with Gasteiger partial charge in [0.2, 0.25) is 0 Å². The van der Waals surface area contributed by atoms with Crippen LogP contribution in [0.2, 0.25) is 0 Å². The van der Waals surface area contributed by atoms with Crippen molar-refractivity contribution in [3.63, 3.8) is 0 Å². The fourth-order valence-electron chi connectivity index (χ4n) is 0.125. The molecule has 0 heterocycles. The van der Waals surface area contributed by atoms with Gasteiger partial charge >= 0.3 is 21.1 Å². The molecular formula is C10H21NOW. The second kappa shape index (κ2) is 10.2. The molecule has 0 aromatic rings. The first-order valence-corrected chi connectivity index (χ1v) is 4.22. The minimum Gasteiger partial charge on any atom is -0.508 e. The molecule has 0 aliphatic carbocycles. The molecule has 1 amide bonds. The number of rotatable bonds is 1. The average Bonchev–Trinajstić information content (AvgIpc) is 2.03. The van der Waals surface area contributed by atoms with Gasteiger partial charge in [0.25, 0.3) is 0 Å². The van der Waals surface area contributed by atoms with E-state index in [9.17, 15) is 4.79 Å². The molecule has 1 N–H and O–H groups in total. The zero-order valence-corrected chi connectivity index (χ0v) is 12.1. The molecule has 13 heavy (non-hydrogen) atoms. The summed E-state index contributed by atoms with van der Waals surface area (Å²) < 4.78 is 0. The van der Waals surface area contributed by atoms with Crippen LogP contribution in [0.25, 0.3) is 0 Å². The standard InChI is InChI=1S/C6H13.C4H8NO.W/c1-5-6(2,3)4;1-3-4(6)5-2;/h1,5H2,2-4H3;2-3H2,1H3,(H,5,6);/q2*-1;+2. The predicted octanol–water partition coefficient (Wildman–Crippen LogP) is 2.56. The van der Waals surface area contributed by atoms with Crippen LogP contribution in [0.1, 0.15) is 40.5 Å². The van der Waals surface area contributed by atoms with E-state index in [4.69, 9.17) is 0 Å². The van der Waals surface area contributed by atoms with Crippen molar-refractivity contribution in [3.8, 4) is 0 Å². The number of nitrogens with one attached hydrogen (secondary N) is 1. The van der Waals surface area contributed by atoms with Gasteiger partial charge in [-0.2, -0.15) is 6.42 Å². The van der Waals surface area contributed by atoms with Crippen LogP contribution in [0.3, 0.4) is 0 Å². The van der Waals surface area contributed by atoms with Gasteiger partial charge in [-0.25, -0.2) is 0 Å². The number of amides is 1. The minimum absolute atomic E-state index is 0. The molecular weight excluding hydrogens is 334 g/mol. The molecule has 0 rings (SSSR count). The Bertz CT molecular complexity index is 113. The predicted molar refractivity (Wildman–Crippen MR) is 53.2 cm³/mol. The molecule has 78 valence electrons. The molecule has 0 unspecified atom stereocenters. The Morgan fingerprint density at radius 1 is 1.38 bits per heavy atom. The smallest absolute Gasteiger partial charge is 0.508 e. The number of carbonyl (C=O) groups is 1. The van der Waals surface area contributed by atoms with Gasteiger partial charge in [0.05, 0.1) is 0 Å². The van der Waals surface area contributed by atoms with E-state index in [0.29, 0.717) is 11.8 Å². The maximum atomic E-state index is 10.0. The van der Waals surface area contributed by atoms with Crippen molar-refractivity contribution in [3.05, 3.63) is 14.0 Å². The van der Waals surface area contributed by atoms with E-state index in [1.54, 1.807) is 6.92 Å². The molecule has 0 saturated heterocycles. The second-order valence-corrected chi connectivity index (χ2v) is 3.76. The third kappa shape index (κ3) is 24.5. The monoisotopic (exact) mass is 355 g/mol. The van der Waals surface area contributed by atoms with Gasteiger partial charge in [0.15, 0.2) is 5.91 Å². The zero-order chi connectivity index (χ0) is 10.2. The van der Waals surface area contributed by atoms with Crippen LogP contribution < -0.4 is 5.32 Å². The molecule has 0 bridgehead atoms. The van der Waals surface area contributed by atoms with Crippen LogP contribution >= 0.6 is 0 Å². The van der Waals surface area contributed by atoms with Gasteiger partial charge in [-0.05, 0) is 0 Å². The summed E-state index contributed by atoms with van der Waals surface area (Å²) in [6.07, 6.45) is 1.54. The molecule has 3 heteroatoms. The van der Waals surface area contributed by atoms with Gasteiger partial charge in [0, 0.05) is 6.42 Å². The first-order valence-electron chi connectivity index (χ1n) is 4.22. The SMILES string of the molecule is [CH2-]CC(C)(C)C.[CH2-]NC(=O)CC.[W+2]. The molecule has 0 aromatic carbocycles. The van der Waals surface area contributed by atoms with Crippen molar-refractivity contribution < 1.29 is 25.9 Å². The molecule has 0 fully saturated rings. The second-order valence-electron chi connectivity index (χ2n) is 3.76. The quantitative estimate of drug-likeness (QED) is 0.720. The first kappa shape index (κ1) is 18.8. The zero-order valence-electron chi connectivity index (χ0n) is 9.14. The van der Waals surface area contributed by atoms with Crippen molar-refractivity contribution in [1.29, 1.82) is 0 Å². The summed E-state index contributed by atoms with van der Waals surface area (Å²) in [5.41, 5.74) is 0.431. The number of carbonyl (C=O) groups excluding carboxylic acids is 1. The minimum atomic E-state index is -0.0185. The fraction of sp³-hybridized carbons (Fsp3) is 0.700. The summed E-state index contributed by atoms with van der Waals surface area (Å²) in [5, 5.41) is 2.23.